The summed E-state index contributed by atoms with van der Waals surface area (Å²) in [7, 11) is -1.31. The highest BCUT2D eigenvalue weighted by molar-refractivity contribution is 7.90. The van der Waals surface area contributed by atoms with Crippen molar-refractivity contribution < 1.29 is 27.4 Å². The zero-order chi connectivity index (χ0) is 40.8. The van der Waals surface area contributed by atoms with Gasteiger partial charge in [0.15, 0.2) is 5.65 Å². The third kappa shape index (κ3) is 6.91. The molecule has 2 N–H and O–H groups in total. The number of hydrogen-bond donors (Lipinski definition) is 2. The second-order valence-electron chi connectivity index (χ2n) is 14.8. The molecule has 13 nitrogen and oxygen atoms in total. The maximum absolute atomic E-state index is 16.0. The summed E-state index contributed by atoms with van der Waals surface area (Å²) < 4.78 is 56.7. The number of aryl methyl sites for hydroxylation is 2. The van der Waals surface area contributed by atoms with Crippen LogP contribution in [0.1, 0.15) is 50.1 Å². The molecule has 1 amide bonds. The number of amides is 1. The van der Waals surface area contributed by atoms with Crippen molar-refractivity contribution in [3.8, 4) is 28.1 Å². The zero-order valence-corrected chi connectivity index (χ0v) is 33.4. The van der Waals surface area contributed by atoms with Gasteiger partial charge in [-0.3, -0.25) is 13.8 Å². The lowest BCUT2D eigenvalue weighted by Gasteiger charge is -2.41. The summed E-state index contributed by atoms with van der Waals surface area (Å²) in [5.41, 5.74) is 1.30. The van der Waals surface area contributed by atoms with Crippen molar-refractivity contribution in [1.82, 2.24) is 33.2 Å². The second-order valence-corrected chi connectivity index (χ2v) is 16.9. The number of phenolic OH excluding ortho intramolecular Hbond substituents is 1. The molecule has 0 radical (unpaired) electrons. The van der Waals surface area contributed by atoms with Gasteiger partial charge >= 0.3 is 11.8 Å². The van der Waals surface area contributed by atoms with E-state index in [4.69, 9.17) is 21.3 Å². The molecule has 1 fully saturated rings. The van der Waals surface area contributed by atoms with Crippen LogP contribution in [0.5, 0.6) is 5.75 Å². The van der Waals surface area contributed by atoms with Gasteiger partial charge in [0, 0.05) is 43.3 Å². The van der Waals surface area contributed by atoms with E-state index in [-0.39, 0.29) is 51.5 Å². The molecule has 58 heavy (non-hydrogen) atoms. The Kier molecular flexibility index (Phi) is 10.4. The fourth-order valence-electron chi connectivity index (χ4n) is 8.32. The number of carbonyl (C=O) groups is 1. The van der Waals surface area contributed by atoms with Gasteiger partial charge in [0.2, 0.25) is 5.95 Å². The predicted octanol–water partition coefficient (Wildman–Crippen LogP) is 7.64. The maximum Gasteiger partial charge on any atom is 0.407 e. The molecule has 0 aliphatic heterocycles. The van der Waals surface area contributed by atoms with Crippen molar-refractivity contribution in [3.63, 3.8) is 0 Å². The Morgan fingerprint density at radius 3 is 2.33 bits per heavy atom. The molecule has 0 atom stereocenters. The first-order valence-corrected chi connectivity index (χ1v) is 20.9. The number of phenols is 1. The average molecular weight is 826 g/mol. The minimum atomic E-state index is -4.47. The second kappa shape index (κ2) is 15.4. The summed E-state index contributed by atoms with van der Waals surface area (Å²) in [5.74, 6) is -0.537. The molecule has 0 saturated heterocycles. The van der Waals surface area contributed by atoms with E-state index in [1.54, 1.807) is 41.9 Å². The van der Waals surface area contributed by atoms with Gasteiger partial charge in [-0.2, -0.15) is 4.39 Å². The van der Waals surface area contributed by atoms with Crippen LogP contribution in [0.4, 0.5) is 9.18 Å². The lowest BCUT2D eigenvalue weighted by molar-refractivity contribution is 0.108. The fourth-order valence-corrected chi connectivity index (χ4v) is 9.96. The van der Waals surface area contributed by atoms with E-state index < -0.39 is 27.6 Å². The highest BCUT2D eigenvalue weighted by Gasteiger charge is 2.40. The van der Waals surface area contributed by atoms with Crippen molar-refractivity contribution in [3.05, 3.63) is 119 Å². The normalized spacial score (nSPS) is 17.2. The maximum atomic E-state index is 16.0. The summed E-state index contributed by atoms with van der Waals surface area (Å²) in [4.78, 5) is 32.3. The van der Waals surface area contributed by atoms with Crippen LogP contribution in [-0.4, -0.2) is 58.9 Å². The standard InChI is InChI=1S/C42H41ClFN7O6S/c1-48-25-32(38(44)47-48)36-34(28-14-16-30(52)17-15-28)35-37-33(24-45-39(35)51(36)58(55,56)31-12-7-4-8-13-31)49(2)41(54)50(37)29-18-21-42(22-19-29,20-9-23-43)46-40(53)57-26-27-10-5-3-6-11-27/h3-8,10-17,24-25,29,52H,9,18-23,26H2,1-2H3,(H,46,53). The van der Waals surface area contributed by atoms with Gasteiger partial charge < -0.3 is 15.2 Å². The molecular formula is C42H41ClFN7O6S. The van der Waals surface area contributed by atoms with Crippen molar-refractivity contribution >= 4 is 49.8 Å². The van der Waals surface area contributed by atoms with Crippen molar-refractivity contribution in [2.75, 3.05) is 5.88 Å². The number of nitrogens with zero attached hydrogens (tertiary/aromatic N) is 6. The van der Waals surface area contributed by atoms with Crippen molar-refractivity contribution in [2.45, 2.75) is 61.6 Å². The topological polar surface area (TPSA) is 155 Å². The van der Waals surface area contributed by atoms with E-state index >= 15 is 4.39 Å². The van der Waals surface area contributed by atoms with Crippen LogP contribution in [0.15, 0.2) is 107 Å². The van der Waals surface area contributed by atoms with Gasteiger partial charge in [-0.15, -0.1) is 16.7 Å². The number of aromatic hydroxyl groups is 1. The molecule has 4 aromatic heterocycles. The molecule has 7 aromatic rings. The van der Waals surface area contributed by atoms with E-state index in [2.05, 4.69) is 10.4 Å². The number of hydrogen-bond acceptors (Lipinski definition) is 8. The predicted molar refractivity (Wildman–Crippen MR) is 219 cm³/mol. The quantitative estimate of drug-likeness (QED) is 0.126. The van der Waals surface area contributed by atoms with E-state index in [9.17, 15) is 23.1 Å². The Morgan fingerprint density at radius 1 is 1.02 bits per heavy atom. The molecule has 4 heterocycles. The summed E-state index contributed by atoms with van der Waals surface area (Å²) in [6.45, 7) is 0.115. The molecule has 3 aromatic carbocycles. The SMILES string of the molecule is Cn1cc(-c2c(-c3ccc(O)cc3)c3c(ncc4c3n(C3CCC(CCCCl)(NC(=O)OCc5ccccc5)CC3)c(=O)n4C)n2S(=O)(=O)c2ccccc2)c(F)n1. The number of imidazole rings is 1. The van der Waals surface area contributed by atoms with Crippen LogP contribution >= 0.6 is 11.6 Å². The molecular weight excluding hydrogens is 785 g/mol. The summed E-state index contributed by atoms with van der Waals surface area (Å²) in [5, 5.41) is 17.7. The first-order chi connectivity index (χ1) is 27.9. The van der Waals surface area contributed by atoms with E-state index in [1.165, 1.54) is 53.0 Å². The number of rotatable bonds is 11. The molecule has 0 bridgehead atoms. The number of ether oxygens (including phenoxy) is 1. The smallest absolute Gasteiger partial charge is 0.407 e. The van der Waals surface area contributed by atoms with Gasteiger partial charge in [0.05, 0.1) is 38.8 Å². The van der Waals surface area contributed by atoms with Crippen molar-refractivity contribution in [1.29, 1.82) is 0 Å². The summed E-state index contributed by atoms with van der Waals surface area (Å²) >= 11 is 6.16. The number of nitrogens with one attached hydrogen (secondary N) is 1. The largest absolute Gasteiger partial charge is 0.508 e. The van der Waals surface area contributed by atoms with Crippen LogP contribution < -0.4 is 11.0 Å². The number of pyridine rings is 1. The number of fused-ring (bicyclic) bond motifs is 3. The molecule has 0 spiro atoms. The Hall–Kier alpha value is -5.93. The Bertz CT molecular complexity index is 2810. The van der Waals surface area contributed by atoms with Gasteiger partial charge in [-0.1, -0.05) is 60.7 Å². The molecule has 8 rings (SSSR count). The van der Waals surface area contributed by atoms with Gasteiger partial charge in [-0.05, 0) is 73.9 Å². The lowest BCUT2D eigenvalue weighted by atomic mass is 9.76. The van der Waals surface area contributed by atoms with Gasteiger partial charge in [0.25, 0.3) is 10.0 Å². The Balaban J connectivity index is 1.31. The highest BCUT2D eigenvalue weighted by atomic mass is 35.5. The number of carbonyl (C=O) groups excluding carboxylic acids is 1. The summed E-state index contributed by atoms with van der Waals surface area (Å²) in [6, 6.07) is 22.9. The summed E-state index contributed by atoms with van der Waals surface area (Å²) in [6.07, 6.45) is 5.55. The number of benzene rings is 3. The monoisotopic (exact) mass is 825 g/mol. The number of alkyl carbamates (subject to hydrolysis) is 1. The minimum absolute atomic E-state index is 0.0212. The lowest BCUT2D eigenvalue weighted by Crippen LogP contribution is -2.51. The molecule has 1 aliphatic carbocycles. The van der Waals surface area contributed by atoms with Crippen LogP contribution in [-0.2, 0) is 35.5 Å². The third-order valence-electron chi connectivity index (χ3n) is 11.1. The van der Waals surface area contributed by atoms with Crippen LogP contribution in [0.3, 0.4) is 0 Å². The molecule has 300 valence electrons. The Morgan fingerprint density at radius 2 is 1.69 bits per heavy atom. The highest BCUT2D eigenvalue weighted by Crippen LogP contribution is 2.47. The zero-order valence-electron chi connectivity index (χ0n) is 31.8. The molecule has 1 aliphatic rings. The number of halogens is 2. The minimum Gasteiger partial charge on any atom is -0.508 e. The Labute approximate surface area is 338 Å². The van der Waals surface area contributed by atoms with Gasteiger partial charge in [-0.25, -0.2) is 27.0 Å². The van der Waals surface area contributed by atoms with E-state index in [0.717, 1.165) is 9.54 Å². The van der Waals surface area contributed by atoms with Gasteiger partial charge in [0.1, 0.15) is 12.4 Å². The van der Waals surface area contributed by atoms with Crippen LogP contribution in [0.2, 0.25) is 0 Å². The number of aromatic nitrogens is 6. The van der Waals surface area contributed by atoms with E-state index in [0.29, 0.717) is 66.4 Å². The van der Waals surface area contributed by atoms with Crippen LogP contribution in [0.25, 0.3) is 44.5 Å². The first-order valence-electron chi connectivity index (χ1n) is 18.9. The van der Waals surface area contributed by atoms with Crippen molar-refractivity contribution in [2.24, 2.45) is 14.1 Å². The number of alkyl halides is 1. The average Bonchev–Trinajstić information content (AvgIpc) is 3.84. The molecule has 1 saturated carbocycles. The molecule has 16 heteroatoms. The fraction of sp³-hybridized carbons (Fsp3) is 0.286. The van der Waals surface area contributed by atoms with Crippen LogP contribution in [0, 0.1) is 5.95 Å². The first kappa shape index (κ1) is 38.9. The third-order valence-corrected chi connectivity index (χ3v) is 13.1. The molecule has 0 unspecified atom stereocenters. The van der Waals surface area contributed by atoms with E-state index in [1.807, 2.05) is 30.3 Å².